The van der Waals surface area contributed by atoms with Crippen molar-refractivity contribution in [3.63, 3.8) is 0 Å². The summed E-state index contributed by atoms with van der Waals surface area (Å²) in [5, 5.41) is 19.7. The first-order valence-electron chi connectivity index (χ1n) is 14.3. The summed E-state index contributed by atoms with van der Waals surface area (Å²) >= 11 is 5.74. The van der Waals surface area contributed by atoms with E-state index in [4.69, 9.17) is 26.8 Å². The number of anilines is 1. The molecule has 2 aliphatic rings. The van der Waals surface area contributed by atoms with Gasteiger partial charge in [-0.05, 0) is 70.1 Å². The van der Waals surface area contributed by atoms with Gasteiger partial charge in [-0.15, -0.1) is 5.10 Å². The van der Waals surface area contributed by atoms with E-state index in [0.717, 1.165) is 13.1 Å². The zero-order valence-electron chi connectivity index (χ0n) is 25.3. The SMILES string of the molecule is COc1ccc(/C=N/n2c(-c3cn4c5c(c(N6CCN(C)CC6)c(F)cc5c3=O)OCC4C)nn(CN(C)C)c2=S)cc1O. The summed E-state index contributed by atoms with van der Waals surface area (Å²) in [6.07, 6.45) is 3.26. The average molecular weight is 623 g/mol. The summed E-state index contributed by atoms with van der Waals surface area (Å²) in [7, 11) is 7.27. The number of aromatic hydroxyl groups is 1. The average Bonchev–Trinajstić information content (AvgIpc) is 3.29. The monoisotopic (exact) mass is 622 g/mol. The maximum absolute atomic E-state index is 15.9. The lowest BCUT2D eigenvalue weighted by atomic mass is 10.0. The molecule has 0 saturated carbocycles. The van der Waals surface area contributed by atoms with Crippen molar-refractivity contribution in [2.45, 2.75) is 19.6 Å². The lowest BCUT2D eigenvalue weighted by Gasteiger charge is -2.37. The minimum atomic E-state index is -0.500. The van der Waals surface area contributed by atoms with Crippen molar-refractivity contribution in [3.8, 4) is 28.6 Å². The molecule has 1 atom stereocenters. The zero-order chi connectivity index (χ0) is 31.3. The molecule has 12 nitrogen and oxygen atoms in total. The summed E-state index contributed by atoms with van der Waals surface area (Å²) < 4.78 is 32.4. The Morgan fingerprint density at radius 2 is 2.00 bits per heavy atom. The summed E-state index contributed by atoms with van der Waals surface area (Å²) in [4.78, 5) is 20.3. The second-order valence-corrected chi connectivity index (χ2v) is 11.8. The number of phenols is 1. The normalized spacial score (nSPS) is 17.2. The van der Waals surface area contributed by atoms with E-state index in [1.807, 2.05) is 42.4 Å². The fourth-order valence-corrected chi connectivity index (χ4v) is 5.87. The molecule has 6 rings (SSSR count). The van der Waals surface area contributed by atoms with E-state index in [2.05, 4.69) is 10.0 Å². The molecule has 2 aromatic heterocycles. The van der Waals surface area contributed by atoms with Crippen LogP contribution in [0.2, 0.25) is 0 Å². The van der Waals surface area contributed by atoms with Gasteiger partial charge in [0.05, 0.1) is 42.5 Å². The first-order chi connectivity index (χ1) is 21.1. The van der Waals surface area contributed by atoms with Crippen LogP contribution in [0.5, 0.6) is 17.2 Å². The molecule has 4 heterocycles. The number of pyridine rings is 1. The smallest absolute Gasteiger partial charge is 0.220 e. The van der Waals surface area contributed by atoms with Gasteiger partial charge in [0, 0.05) is 32.4 Å². The lowest BCUT2D eigenvalue weighted by molar-refractivity contribution is 0.245. The Morgan fingerprint density at radius 3 is 2.68 bits per heavy atom. The molecule has 0 radical (unpaired) electrons. The molecule has 14 heteroatoms. The molecule has 1 fully saturated rings. The third-order valence-corrected chi connectivity index (χ3v) is 8.35. The highest BCUT2D eigenvalue weighted by Crippen LogP contribution is 2.42. The number of halogens is 1. The third kappa shape index (κ3) is 5.22. The van der Waals surface area contributed by atoms with Crippen LogP contribution in [0.3, 0.4) is 0 Å². The van der Waals surface area contributed by atoms with E-state index >= 15 is 4.39 Å². The second kappa shape index (κ2) is 11.7. The molecule has 1 unspecified atom stereocenters. The molecule has 44 heavy (non-hydrogen) atoms. The van der Waals surface area contributed by atoms with Crippen molar-refractivity contribution >= 4 is 35.0 Å². The van der Waals surface area contributed by atoms with Gasteiger partial charge < -0.3 is 28.9 Å². The van der Waals surface area contributed by atoms with E-state index in [1.54, 1.807) is 23.0 Å². The van der Waals surface area contributed by atoms with Gasteiger partial charge in [-0.2, -0.15) is 9.78 Å². The van der Waals surface area contributed by atoms with E-state index in [0.29, 0.717) is 54.6 Å². The van der Waals surface area contributed by atoms with Crippen LogP contribution in [0.4, 0.5) is 10.1 Å². The minimum Gasteiger partial charge on any atom is -0.504 e. The van der Waals surface area contributed by atoms with Gasteiger partial charge in [0.15, 0.2) is 28.9 Å². The Labute approximate surface area is 258 Å². The largest absolute Gasteiger partial charge is 0.504 e. The summed E-state index contributed by atoms with van der Waals surface area (Å²) in [5.74, 6) is 0.390. The van der Waals surface area contributed by atoms with Gasteiger partial charge >= 0.3 is 0 Å². The summed E-state index contributed by atoms with van der Waals surface area (Å²) in [6, 6.07) is 6.04. The van der Waals surface area contributed by atoms with Crippen molar-refractivity contribution in [1.29, 1.82) is 0 Å². The van der Waals surface area contributed by atoms with E-state index in [9.17, 15) is 9.90 Å². The van der Waals surface area contributed by atoms with Gasteiger partial charge in [-0.25, -0.2) is 9.07 Å². The van der Waals surface area contributed by atoms with Crippen LogP contribution in [0, 0.1) is 10.6 Å². The topological polar surface area (TPSA) is 106 Å². The fourth-order valence-electron chi connectivity index (χ4n) is 5.64. The number of methoxy groups -OCH3 is 1. The van der Waals surface area contributed by atoms with Crippen LogP contribution in [-0.2, 0) is 6.67 Å². The zero-order valence-corrected chi connectivity index (χ0v) is 26.1. The van der Waals surface area contributed by atoms with Crippen molar-refractivity contribution in [2.24, 2.45) is 5.10 Å². The third-order valence-electron chi connectivity index (χ3n) is 7.96. The van der Waals surface area contributed by atoms with Crippen LogP contribution in [0.1, 0.15) is 18.5 Å². The number of piperazine rings is 1. The summed E-state index contributed by atoms with van der Waals surface area (Å²) in [6.45, 7) is 5.56. The van der Waals surface area contributed by atoms with Gasteiger partial charge in [-0.1, -0.05) is 0 Å². The van der Waals surface area contributed by atoms with E-state index < -0.39 is 11.2 Å². The van der Waals surface area contributed by atoms with Gasteiger partial charge in [0.2, 0.25) is 10.2 Å². The number of ether oxygens (including phenoxy) is 2. The number of hydrogen-bond donors (Lipinski definition) is 1. The van der Waals surface area contributed by atoms with Gasteiger partial charge in [-0.3, -0.25) is 9.69 Å². The Bertz CT molecular complexity index is 1890. The van der Waals surface area contributed by atoms with Crippen molar-refractivity contribution in [2.75, 3.05) is 65.9 Å². The molecule has 2 aromatic carbocycles. The highest BCUT2D eigenvalue weighted by molar-refractivity contribution is 7.71. The number of phenolic OH excluding ortho intramolecular Hbond substituents is 1. The maximum Gasteiger partial charge on any atom is 0.220 e. The number of nitrogens with zero attached hydrogens (tertiary/aromatic N) is 8. The Balaban J connectivity index is 1.54. The van der Waals surface area contributed by atoms with Crippen LogP contribution < -0.4 is 19.8 Å². The van der Waals surface area contributed by atoms with E-state index in [-0.39, 0.29) is 33.3 Å². The quantitative estimate of drug-likeness (QED) is 0.245. The Kier molecular flexibility index (Phi) is 7.90. The lowest BCUT2D eigenvalue weighted by Crippen LogP contribution is -2.45. The predicted octanol–water partition coefficient (Wildman–Crippen LogP) is 3.36. The first-order valence-corrected chi connectivity index (χ1v) is 14.7. The van der Waals surface area contributed by atoms with Crippen molar-refractivity contribution < 1.29 is 19.0 Å². The number of rotatable bonds is 7. The van der Waals surface area contributed by atoms with Crippen LogP contribution in [0.25, 0.3) is 22.3 Å². The molecule has 232 valence electrons. The molecule has 0 spiro atoms. The van der Waals surface area contributed by atoms with Gasteiger partial charge in [0.1, 0.15) is 12.3 Å². The fraction of sp³-hybridized carbons (Fsp3) is 0.400. The minimum absolute atomic E-state index is 0.0413. The predicted molar refractivity (Wildman–Crippen MR) is 169 cm³/mol. The standard InChI is InChI=1S/C30H35FN8O4S/c1-18-16-43-28-25-20(13-22(31)26(28)36-10-8-35(4)9-11-36)27(41)21(15-37(18)25)29-33-38(17-34(2)3)30(44)39(29)32-14-19-6-7-24(42-5)23(40)12-19/h6-7,12-15,18,40H,8-11,16-17H2,1-5H3/b32-14+. The van der Waals surface area contributed by atoms with Crippen LogP contribution in [-0.4, -0.2) is 101 Å². The molecule has 4 aromatic rings. The molecule has 1 saturated heterocycles. The Hall–Kier alpha value is -4.27. The molecule has 0 bridgehead atoms. The molecular formula is C30H35FN8O4S. The van der Waals surface area contributed by atoms with Crippen LogP contribution in [0.15, 0.2) is 40.4 Å². The molecule has 2 aliphatic heterocycles. The molecule has 0 aliphatic carbocycles. The maximum atomic E-state index is 15.9. The number of likely N-dealkylation sites (N-methyl/N-ethyl adjacent to an activating group) is 1. The van der Waals surface area contributed by atoms with Crippen molar-refractivity contribution in [3.05, 3.63) is 56.8 Å². The molecule has 1 N–H and O–H groups in total. The van der Waals surface area contributed by atoms with Crippen LogP contribution >= 0.6 is 12.2 Å². The van der Waals surface area contributed by atoms with E-state index in [1.165, 1.54) is 30.1 Å². The number of benzene rings is 2. The second-order valence-electron chi connectivity index (χ2n) is 11.5. The molecule has 0 amide bonds. The first kappa shape index (κ1) is 29.8. The van der Waals surface area contributed by atoms with Gasteiger partial charge in [0.25, 0.3) is 0 Å². The Morgan fingerprint density at radius 1 is 1.25 bits per heavy atom. The number of hydrogen-bond acceptors (Lipinski definition) is 10. The van der Waals surface area contributed by atoms with Crippen molar-refractivity contribution in [1.82, 2.24) is 28.8 Å². The highest BCUT2D eigenvalue weighted by Gasteiger charge is 2.31. The number of aromatic nitrogens is 4. The molecular weight excluding hydrogens is 587 g/mol. The highest BCUT2D eigenvalue weighted by atomic mass is 32.1. The summed E-state index contributed by atoms with van der Waals surface area (Å²) in [5.41, 5.74) is 1.35.